The zero-order valence-electron chi connectivity index (χ0n) is 21.4. The summed E-state index contributed by atoms with van der Waals surface area (Å²) in [7, 11) is 1.11. The first-order chi connectivity index (χ1) is 18.1. The van der Waals surface area contributed by atoms with E-state index in [1.165, 1.54) is 37.3 Å². The van der Waals surface area contributed by atoms with Crippen LogP contribution in [0.1, 0.15) is 56.8 Å². The Morgan fingerprint density at radius 3 is 1.79 bits per heavy atom. The third kappa shape index (κ3) is 7.85. The molecule has 0 aliphatic heterocycles. The van der Waals surface area contributed by atoms with Crippen molar-refractivity contribution in [3.05, 3.63) is 67.8 Å². The lowest BCUT2D eigenvalue weighted by atomic mass is 9.98. The average molecular weight is 535 g/mol. The Morgan fingerprint density at radius 2 is 1.32 bits per heavy atom. The Bertz CT molecular complexity index is 1160. The standard InChI is InChI=1S/C24H30N4O10/c1-5-11-36-16-7-9-20(27(31)32)18(13-16)15(3)23(29)25-26-24(30)22(38-35-4)19-14-17(37-12-6-2)8-10-21(19)28(33)34/h7-10,13-15,22H,5-6,11-12H2,1-4H3,(H,25,29)(H,26,30). The molecule has 2 aromatic rings. The van der Waals surface area contributed by atoms with Crippen molar-refractivity contribution in [3.8, 4) is 11.5 Å². The molecule has 2 rings (SSSR count). The number of amides is 2. The fraction of sp³-hybridized carbons (Fsp3) is 0.417. The van der Waals surface area contributed by atoms with E-state index in [0.717, 1.165) is 13.2 Å². The van der Waals surface area contributed by atoms with Crippen molar-refractivity contribution in [2.45, 2.75) is 45.6 Å². The van der Waals surface area contributed by atoms with E-state index in [1.54, 1.807) is 0 Å². The molecule has 2 N–H and O–H groups in total. The van der Waals surface area contributed by atoms with Gasteiger partial charge in [-0.25, -0.2) is 9.78 Å². The van der Waals surface area contributed by atoms with Crippen molar-refractivity contribution in [2.24, 2.45) is 0 Å². The summed E-state index contributed by atoms with van der Waals surface area (Å²) in [6.07, 6.45) is -0.271. The molecule has 0 saturated heterocycles. The number of hydrazine groups is 1. The number of nitrogens with zero attached hydrogens (tertiary/aromatic N) is 2. The van der Waals surface area contributed by atoms with E-state index in [-0.39, 0.29) is 22.6 Å². The van der Waals surface area contributed by atoms with Gasteiger partial charge in [-0.3, -0.25) is 40.7 Å². The maximum Gasteiger partial charge on any atom is 0.276 e. The van der Waals surface area contributed by atoms with Crippen molar-refractivity contribution < 1.29 is 38.7 Å². The monoisotopic (exact) mass is 534 g/mol. The molecule has 0 aliphatic rings. The van der Waals surface area contributed by atoms with Gasteiger partial charge in [-0.2, -0.15) is 0 Å². The van der Waals surface area contributed by atoms with Gasteiger partial charge in [-0.05, 0) is 44.0 Å². The molecule has 2 amide bonds. The lowest BCUT2D eigenvalue weighted by Gasteiger charge is -2.19. The number of rotatable bonds is 14. The summed E-state index contributed by atoms with van der Waals surface area (Å²) in [6, 6.07) is 7.87. The second-order valence-corrected chi connectivity index (χ2v) is 8.00. The predicted molar refractivity (Wildman–Crippen MR) is 133 cm³/mol. The molecule has 0 fully saturated rings. The molecule has 0 radical (unpaired) electrons. The highest BCUT2D eigenvalue weighted by atomic mass is 17.2. The van der Waals surface area contributed by atoms with Crippen LogP contribution in [0.15, 0.2) is 36.4 Å². The van der Waals surface area contributed by atoms with Crippen molar-refractivity contribution in [1.29, 1.82) is 0 Å². The maximum atomic E-state index is 12.9. The molecule has 2 unspecified atom stereocenters. The molecule has 0 aromatic heterocycles. The summed E-state index contributed by atoms with van der Waals surface area (Å²) in [5, 5.41) is 23.1. The van der Waals surface area contributed by atoms with Crippen LogP contribution in [0.3, 0.4) is 0 Å². The molecular formula is C24H30N4O10. The van der Waals surface area contributed by atoms with Crippen LogP contribution < -0.4 is 20.3 Å². The average Bonchev–Trinajstić information content (AvgIpc) is 2.91. The quantitative estimate of drug-likeness (QED) is 0.206. The van der Waals surface area contributed by atoms with Gasteiger partial charge in [0.2, 0.25) is 12.0 Å². The lowest BCUT2D eigenvalue weighted by molar-refractivity contribution is -0.387. The number of ether oxygens (including phenoxy) is 2. The molecule has 206 valence electrons. The van der Waals surface area contributed by atoms with Crippen LogP contribution in [0.5, 0.6) is 11.5 Å². The number of nitro groups is 2. The van der Waals surface area contributed by atoms with Crippen LogP contribution in [0, 0.1) is 20.2 Å². The van der Waals surface area contributed by atoms with E-state index in [0.29, 0.717) is 31.8 Å². The van der Waals surface area contributed by atoms with Gasteiger partial charge in [0, 0.05) is 17.7 Å². The summed E-state index contributed by atoms with van der Waals surface area (Å²) in [6.45, 7) is 5.91. The van der Waals surface area contributed by atoms with Gasteiger partial charge in [0.1, 0.15) is 11.5 Å². The zero-order chi connectivity index (χ0) is 28.2. The molecule has 38 heavy (non-hydrogen) atoms. The Morgan fingerprint density at radius 1 is 0.842 bits per heavy atom. The van der Waals surface area contributed by atoms with E-state index in [9.17, 15) is 29.8 Å². The summed E-state index contributed by atoms with van der Waals surface area (Å²) >= 11 is 0. The second kappa shape index (κ2) is 14.4. The van der Waals surface area contributed by atoms with Crippen LogP contribution >= 0.6 is 0 Å². The third-order valence-corrected chi connectivity index (χ3v) is 5.22. The first kappa shape index (κ1) is 29.9. The summed E-state index contributed by atoms with van der Waals surface area (Å²) < 4.78 is 11.0. The van der Waals surface area contributed by atoms with Crippen LogP contribution in [0.2, 0.25) is 0 Å². The molecule has 0 heterocycles. The second-order valence-electron chi connectivity index (χ2n) is 8.00. The van der Waals surface area contributed by atoms with E-state index < -0.39 is 39.4 Å². The molecule has 0 bridgehead atoms. The van der Waals surface area contributed by atoms with Gasteiger partial charge < -0.3 is 9.47 Å². The number of benzene rings is 2. The van der Waals surface area contributed by atoms with Gasteiger partial charge >= 0.3 is 0 Å². The number of nitrogens with one attached hydrogen (secondary N) is 2. The largest absolute Gasteiger partial charge is 0.494 e. The fourth-order valence-corrected chi connectivity index (χ4v) is 3.35. The Hall–Kier alpha value is -4.30. The lowest BCUT2D eigenvalue weighted by Crippen LogP contribution is -2.46. The Kier molecular flexibility index (Phi) is 11.4. The summed E-state index contributed by atoms with van der Waals surface area (Å²) in [4.78, 5) is 57.1. The van der Waals surface area contributed by atoms with Crippen LogP contribution in [0.25, 0.3) is 0 Å². The summed E-state index contributed by atoms with van der Waals surface area (Å²) in [5.41, 5.74) is 3.46. The number of carbonyl (C=O) groups excluding carboxylic acids is 2. The SMILES string of the molecule is CCCOc1ccc([N+](=O)[O-])c(C(C)C(=O)NNC(=O)C(OOC)c2cc(OCCC)ccc2[N+](=O)[O-])c1. The maximum absolute atomic E-state index is 12.9. The minimum absolute atomic E-state index is 0.0662. The highest BCUT2D eigenvalue weighted by Crippen LogP contribution is 2.33. The highest BCUT2D eigenvalue weighted by Gasteiger charge is 2.32. The molecule has 0 saturated carbocycles. The van der Waals surface area contributed by atoms with Gasteiger partial charge in [0.25, 0.3) is 17.3 Å². The van der Waals surface area contributed by atoms with Gasteiger partial charge in [-0.1, -0.05) is 13.8 Å². The van der Waals surface area contributed by atoms with Crippen LogP contribution in [-0.2, 0) is 19.4 Å². The fourth-order valence-electron chi connectivity index (χ4n) is 3.35. The highest BCUT2D eigenvalue weighted by molar-refractivity contribution is 5.89. The zero-order valence-corrected chi connectivity index (χ0v) is 21.4. The smallest absolute Gasteiger partial charge is 0.276 e. The topological polar surface area (TPSA) is 181 Å². The van der Waals surface area contributed by atoms with Crippen molar-refractivity contribution in [3.63, 3.8) is 0 Å². The first-order valence-electron chi connectivity index (χ1n) is 11.8. The Balaban J connectivity index is 2.26. The third-order valence-electron chi connectivity index (χ3n) is 5.22. The van der Waals surface area contributed by atoms with Gasteiger partial charge in [0.15, 0.2) is 0 Å². The molecule has 14 nitrogen and oxygen atoms in total. The van der Waals surface area contributed by atoms with Crippen LogP contribution in [0.4, 0.5) is 11.4 Å². The van der Waals surface area contributed by atoms with E-state index in [1.807, 2.05) is 13.8 Å². The molecule has 2 atom stereocenters. The van der Waals surface area contributed by atoms with E-state index in [4.69, 9.17) is 14.4 Å². The molecule has 0 spiro atoms. The number of hydrogen-bond acceptors (Lipinski definition) is 10. The van der Waals surface area contributed by atoms with Gasteiger partial charge in [0.05, 0.1) is 41.7 Å². The number of hydrogen-bond donors (Lipinski definition) is 2. The molecule has 14 heteroatoms. The van der Waals surface area contributed by atoms with Gasteiger partial charge in [-0.15, -0.1) is 0 Å². The molecule has 2 aromatic carbocycles. The Labute approximate surface area is 218 Å². The molecule has 0 aliphatic carbocycles. The molecular weight excluding hydrogens is 504 g/mol. The summed E-state index contributed by atoms with van der Waals surface area (Å²) in [5.74, 6) is -2.26. The minimum Gasteiger partial charge on any atom is -0.494 e. The van der Waals surface area contributed by atoms with Crippen molar-refractivity contribution in [2.75, 3.05) is 20.3 Å². The van der Waals surface area contributed by atoms with E-state index >= 15 is 0 Å². The van der Waals surface area contributed by atoms with E-state index in [2.05, 4.69) is 15.7 Å². The van der Waals surface area contributed by atoms with Crippen LogP contribution in [-0.4, -0.2) is 42.0 Å². The van der Waals surface area contributed by atoms with Crippen molar-refractivity contribution in [1.82, 2.24) is 10.9 Å². The first-order valence-corrected chi connectivity index (χ1v) is 11.8. The normalized spacial score (nSPS) is 12.2. The minimum atomic E-state index is -1.67. The number of nitro benzene ring substituents is 2. The predicted octanol–water partition coefficient (Wildman–Crippen LogP) is 3.65. The van der Waals surface area contributed by atoms with Crippen molar-refractivity contribution >= 4 is 23.2 Å². The number of carbonyl (C=O) groups is 2.